The molecule has 0 rings (SSSR count). The van der Waals surface area contributed by atoms with Crippen molar-refractivity contribution in [2.24, 2.45) is 5.92 Å². The van der Waals surface area contributed by atoms with Crippen LogP contribution in [0.4, 0.5) is 0 Å². The zero-order chi connectivity index (χ0) is 9.23. The van der Waals surface area contributed by atoms with E-state index in [-0.39, 0.29) is 0 Å². The smallest absolute Gasteiger partial charge is 0.107 e. The molecule has 0 N–H and O–H groups in total. The van der Waals surface area contributed by atoms with E-state index in [9.17, 15) is 0 Å². The fourth-order valence-corrected chi connectivity index (χ4v) is 0.686. The highest BCUT2D eigenvalue weighted by atomic mass is 16.5. The first-order valence-corrected chi connectivity index (χ1v) is 3.83. The Morgan fingerprint density at radius 3 is 1.83 bits per heavy atom. The van der Waals surface area contributed by atoms with Crippen molar-refractivity contribution in [3.8, 4) is 24.7 Å². The van der Waals surface area contributed by atoms with Crippen molar-refractivity contribution < 1.29 is 9.47 Å². The van der Waals surface area contributed by atoms with Crippen molar-refractivity contribution in [1.82, 2.24) is 0 Å². The summed E-state index contributed by atoms with van der Waals surface area (Å²) in [6.07, 6.45) is 10.0. The van der Waals surface area contributed by atoms with Gasteiger partial charge in [-0.3, -0.25) is 0 Å². The lowest BCUT2D eigenvalue weighted by Crippen LogP contribution is -2.13. The summed E-state index contributed by atoms with van der Waals surface area (Å²) in [6, 6.07) is 0. The highest BCUT2D eigenvalue weighted by Crippen LogP contribution is 1.95. The monoisotopic (exact) mass is 166 g/mol. The van der Waals surface area contributed by atoms with E-state index in [0.29, 0.717) is 32.3 Å². The minimum atomic E-state index is 0.340. The van der Waals surface area contributed by atoms with Gasteiger partial charge in [-0.25, -0.2) is 0 Å². The Morgan fingerprint density at radius 2 is 1.50 bits per heavy atom. The molecule has 0 atom stereocenters. The topological polar surface area (TPSA) is 18.5 Å². The zero-order valence-electron chi connectivity index (χ0n) is 7.38. The maximum atomic E-state index is 5.11. The van der Waals surface area contributed by atoms with Gasteiger partial charge in [0.25, 0.3) is 0 Å². The van der Waals surface area contributed by atoms with Gasteiger partial charge in [0.15, 0.2) is 0 Å². The van der Waals surface area contributed by atoms with Crippen LogP contribution in [0, 0.1) is 30.6 Å². The van der Waals surface area contributed by atoms with Gasteiger partial charge >= 0.3 is 0 Å². The largest absolute Gasteiger partial charge is 0.368 e. The van der Waals surface area contributed by atoms with Gasteiger partial charge in [-0.05, 0) is 0 Å². The average molecular weight is 166 g/mol. The van der Waals surface area contributed by atoms with Crippen LogP contribution in [0.1, 0.15) is 6.92 Å². The molecule has 0 spiro atoms. The molecule has 0 fully saturated rings. The summed E-state index contributed by atoms with van der Waals surface area (Å²) in [4.78, 5) is 0. The van der Waals surface area contributed by atoms with E-state index in [0.717, 1.165) is 0 Å². The first kappa shape index (κ1) is 11.0. The Labute approximate surface area is 74.2 Å². The molecular formula is C10H14O2. The van der Waals surface area contributed by atoms with E-state index in [1.807, 2.05) is 6.92 Å². The lowest BCUT2D eigenvalue weighted by atomic mass is 10.2. The molecule has 0 radical (unpaired) electrons. The van der Waals surface area contributed by atoms with Crippen LogP contribution in [-0.2, 0) is 9.47 Å². The Bertz CT molecular complexity index is 153. The highest BCUT2D eigenvalue weighted by Gasteiger charge is 2.00. The van der Waals surface area contributed by atoms with Crippen molar-refractivity contribution in [2.75, 3.05) is 26.4 Å². The summed E-state index contributed by atoms with van der Waals surface area (Å²) in [5, 5.41) is 0. The molecule has 2 nitrogen and oxygen atoms in total. The molecule has 0 aromatic rings. The van der Waals surface area contributed by atoms with Crippen LogP contribution >= 0.6 is 0 Å². The third-order valence-corrected chi connectivity index (χ3v) is 1.18. The predicted molar refractivity (Wildman–Crippen MR) is 48.5 cm³/mol. The fraction of sp³-hybridized carbons (Fsp3) is 0.600. The Hall–Kier alpha value is -0.960. The van der Waals surface area contributed by atoms with Crippen LogP contribution in [0.25, 0.3) is 0 Å². The number of hydrogen-bond acceptors (Lipinski definition) is 2. The summed E-state index contributed by atoms with van der Waals surface area (Å²) in [5.74, 6) is 5.13. The highest BCUT2D eigenvalue weighted by molar-refractivity contribution is 4.83. The van der Waals surface area contributed by atoms with E-state index >= 15 is 0 Å². The molecule has 66 valence electrons. The van der Waals surface area contributed by atoms with Crippen LogP contribution in [0.3, 0.4) is 0 Å². The van der Waals surface area contributed by atoms with E-state index in [4.69, 9.17) is 22.3 Å². The number of ether oxygens (including phenoxy) is 2. The van der Waals surface area contributed by atoms with Gasteiger partial charge in [0.2, 0.25) is 0 Å². The summed E-state index contributed by atoms with van der Waals surface area (Å²) in [7, 11) is 0. The summed E-state index contributed by atoms with van der Waals surface area (Å²) in [6.45, 7) is 3.98. The van der Waals surface area contributed by atoms with E-state index < -0.39 is 0 Å². The van der Waals surface area contributed by atoms with Crippen molar-refractivity contribution in [2.45, 2.75) is 6.92 Å². The second-order valence-corrected chi connectivity index (χ2v) is 2.54. The van der Waals surface area contributed by atoms with Crippen molar-refractivity contribution in [1.29, 1.82) is 0 Å². The molecule has 0 bridgehead atoms. The Balaban J connectivity index is 3.18. The molecule has 0 saturated carbocycles. The van der Waals surface area contributed by atoms with Crippen LogP contribution in [0.5, 0.6) is 0 Å². The minimum absolute atomic E-state index is 0.340. The van der Waals surface area contributed by atoms with E-state index in [1.54, 1.807) is 0 Å². The van der Waals surface area contributed by atoms with Gasteiger partial charge in [0, 0.05) is 5.92 Å². The zero-order valence-corrected chi connectivity index (χ0v) is 7.38. The van der Waals surface area contributed by atoms with Gasteiger partial charge in [0.05, 0.1) is 13.2 Å². The van der Waals surface area contributed by atoms with Crippen molar-refractivity contribution >= 4 is 0 Å². The second-order valence-electron chi connectivity index (χ2n) is 2.54. The minimum Gasteiger partial charge on any atom is -0.368 e. The second kappa shape index (κ2) is 8.14. The molecule has 12 heavy (non-hydrogen) atoms. The molecule has 0 heterocycles. The van der Waals surface area contributed by atoms with E-state index in [1.165, 1.54) is 0 Å². The predicted octanol–water partition coefficient (Wildman–Crippen LogP) is 0.922. The number of hydrogen-bond donors (Lipinski definition) is 0. The summed E-state index contributed by atoms with van der Waals surface area (Å²) >= 11 is 0. The van der Waals surface area contributed by atoms with Gasteiger partial charge in [-0.1, -0.05) is 18.8 Å². The quantitative estimate of drug-likeness (QED) is 0.431. The standard InChI is InChI=1S/C10H14O2/c1-4-6-11-8-10(3)9-12-7-5-2/h1-2,10H,6-9H2,3H3. The van der Waals surface area contributed by atoms with Crippen LogP contribution in [0.15, 0.2) is 0 Å². The fourth-order valence-electron chi connectivity index (χ4n) is 0.686. The molecule has 0 saturated heterocycles. The number of terminal acetylenes is 2. The molecule has 0 aliphatic rings. The molecule has 0 aromatic carbocycles. The van der Waals surface area contributed by atoms with E-state index in [2.05, 4.69) is 11.8 Å². The van der Waals surface area contributed by atoms with Crippen molar-refractivity contribution in [3.63, 3.8) is 0 Å². The van der Waals surface area contributed by atoms with Gasteiger partial charge in [-0.15, -0.1) is 12.8 Å². The van der Waals surface area contributed by atoms with Gasteiger partial charge < -0.3 is 9.47 Å². The first-order valence-electron chi connectivity index (χ1n) is 3.83. The first-order chi connectivity index (χ1) is 5.81. The van der Waals surface area contributed by atoms with Crippen molar-refractivity contribution in [3.05, 3.63) is 0 Å². The Morgan fingerprint density at radius 1 is 1.08 bits per heavy atom. The third kappa shape index (κ3) is 7.15. The molecule has 0 aliphatic carbocycles. The summed E-state index contributed by atoms with van der Waals surface area (Å²) < 4.78 is 10.2. The average Bonchev–Trinajstić information content (AvgIpc) is 2.06. The Kier molecular flexibility index (Phi) is 7.49. The molecular weight excluding hydrogens is 152 g/mol. The van der Waals surface area contributed by atoms with Crippen LogP contribution in [0.2, 0.25) is 0 Å². The molecule has 0 unspecified atom stereocenters. The maximum absolute atomic E-state index is 5.11. The SMILES string of the molecule is C#CCOCC(C)COCC#C. The lowest BCUT2D eigenvalue weighted by Gasteiger charge is -2.09. The van der Waals surface area contributed by atoms with Gasteiger partial charge in [0.1, 0.15) is 13.2 Å². The van der Waals surface area contributed by atoms with Crippen LogP contribution in [-0.4, -0.2) is 26.4 Å². The molecule has 0 aliphatic heterocycles. The third-order valence-electron chi connectivity index (χ3n) is 1.18. The number of rotatable bonds is 6. The lowest BCUT2D eigenvalue weighted by molar-refractivity contribution is 0.0696. The summed E-state index contributed by atoms with van der Waals surface area (Å²) in [5.41, 5.74) is 0. The van der Waals surface area contributed by atoms with Gasteiger partial charge in [-0.2, -0.15) is 0 Å². The van der Waals surface area contributed by atoms with Crippen LogP contribution < -0.4 is 0 Å². The molecule has 0 aromatic heterocycles. The maximum Gasteiger partial charge on any atom is 0.107 e. The molecule has 2 heteroatoms. The normalized spacial score (nSPS) is 9.33. The molecule has 0 amide bonds.